The van der Waals surface area contributed by atoms with Crippen LogP contribution in [0.25, 0.3) is 6.08 Å². The van der Waals surface area contributed by atoms with Crippen molar-refractivity contribution >= 4 is 17.7 Å². The lowest BCUT2D eigenvalue weighted by atomic mass is 10.1. The highest BCUT2D eigenvalue weighted by molar-refractivity contribution is 5.96. The molecule has 0 unspecified atom stereocenters. The summed E-state index contributed by atoms with van der Waals surface area (Å²) in [5.41, 5.74) is 1.31. The second-order valence-corrected chi connectivity index (χ2v) is 3.86. The molecule has 3 N–H and O–H groups in total. The molecule has 0 fully saturated rings. The predicted molar refractivity (Wildman–Crippen MR) is 71.1 cm³/mol. The maximum absolute atomic E-state index is 10.7. The topological polar surface area (TPSA) is 99.6 Å². The number of nitrogens with zero attached hydrogens (tertiary/aromatic N) is 2. The summed E-state index contributed by atoms with van der Waals surface area (Å²) in [5, 5.41) is 17.4. The third-order valence-electron chi connectivity index (χ3n) is 2.54. The Morgan fingerprint density at radius 2 is 2.16 bits per heavy atom. The molecule has 19 heavy (non-hydrogen) atoms. The zero-order chi connectivity index (χ0) is 14.3. The van der Waals surface area contributed by atoms with Gasteiger partial charge < -0.3 is 14.8 Å². The maximum atomic E-state index is 10.7. The normalized spacial score (nSPS) is 10.9. The molecule has 0 saturated heterocycles. The lowest BCUT2D eigenvalue weighted by Crippen LogP contribution is -2.23. The number of hydrogen-bond donors (Lipinski definition) is 2. The molecule has 0 heterocycles. The van der Waals surface area contributed by atoms with Crippen LogP contribution in [0.5, 0.6) is 0 Å². The molecule has 0 aliphatic heterocycles. The third kappa shape index (κ3) is 4.43. The monoisotopic (exact) mass is 261 g/mol. The predicted octanol–water partition coefficient (Wildman–Crippen LogP) is 1.00. The molecule has 0 amide bonds. The van der Waals surface area contributed by atoms with Crippen molar-refractivity contribution in [2.75, 3.05) is 25.1 Å². The number of carbonyl (C=O) groups is 1. The summed E-state index contributed by atoms with van der Waals surface area (Å²) in [4.78, 5) is 17.1. The van der Waals surface area contributed by atoms with Gasteiger partial charge in [0.1, 0.15) is 11.6 Å². The van der Waals surface area contributed by atoms with Gasteiger partial charge in [0.25, 0.3) is 0 Å². The van der Waals surface area contributed by atoms with Gasteiger partial charge in [-0.15, -0.1) is 0 Å². The Bertz CT molecular complexity index is 503. The molecule has 6 nitrogen and oxygen atoms in total. The van der Waals surface area contributed by atoms with Crippen LogP contribution < -0.4 is 10.8 Å². The molecule has 0 bridgehead atoms. The first-order valence-corrected chi connectivity index (χ1v) is 5.56. The molecule has 0 radical (unpaired) electrons. The number of carboxylic acid groups (broad SMARTS) is 1. The van der Waals surface area contributed by atoms with Gasteiger partial charge in [0.15, 0.2) is 0 Å². The first kappa shape index (κ1) is 14.7. The smallest absolute Gasteiger partial charge is 0.346 e. The van der Waals surface area contributed by atoms with Crippen molar-refractivity contribution < 1.29 is 14.7 Å². The quantitative estimate of drug-likeness (QED) is 0.450. The Labute approximate surface area is 111 Å². The van der Waals surface area contributed by atoms with Gasteiger partial charge in [0, 0.05) is 19.3 Å². The summed E-state index contributed by atoms with van der Waals surface area (Å²) in [6.07, 6.45) is 1.33. The Morgan fingerprint density at radius 1 is 1.53 bits per heavy atom. The van der Waals surface area contributed by atoms with Crippen LogP contribution in [0.4, 0.5) is 5.69 Å². The number of carboxylic acids is 1. The Balaban J connectivity index is 2.82. The molecule has 1 rings (SSSR count). The van der Waals surface area contributed by atoms with Crippen molar-refractivity contribution in [1.29, 1.82) is 5.26 Å². The highest BCUT2D eigenvalue weighted by Gasteiger charge is 2.06. The van der Waals surface area contributed by atoms with E-state index < -0.39 is 5.97 Å². The number of aliphatic carboxylic acids is 1. The maximum Gasteiger partial charge on any atom is 0.346 e. The van der Waals surface area contributed by atoms with E-state index in [1.165, 1.54) is 6.08 Å². The van der Waals surface area contributed by atoms with Crippen LogP contribution in [-0.2, 0) is 9.63 Å². The summed E-state index contributed by atoms with van der Waals surface area (Å²) < 4.78 is 0. The van der Waals surface area contributed by atoms with Gasteiger partial charge >= 0.3 is 5.97 Å². The molecule has 0 aliphatic rings. The van der Waals surface area contributed by atoms with Gasteiger partial charge in [0.05, 0.1) is 6.61 Å². The zero-order valence-electron chi connectivity index (χ0n) is 10.5. The molecule has 1 aromatic rings. The lowest BCUT2D eigenvalue weighted by Gasteiger charge is -2.18. The first-order chi connectivity index (χ1) is 9.08. The number of anilines is 1. The minimum Gasteiger partial charge on any atom is -0.477 e. The molecule has 0 aliphatic carbocycles. The summed E-state index contributed by atoms with van der Waals surface area (Å²) in [7, 11) is 1.89. The van der Waals surface area contributed by atoms with Crippen LogP contribution in [0.2, 0.25) is 0 Å². The van der Waals surface area contributed by atoms with Crippen molar-refractivity contribution in [3.05, 3.63) is 35.4 Å². The fourth-order valence-electron chi connectivity index (χ4n) is 1.45. The number of benzene rings is 1. The fourth-order valence-corrected chi connectivity index (χ4v) is 1.45. The molecule has 0 saturated carbocycles. The van der Waals surface area contributed by atoms with E-state index >= 15 is 0 Å². The van der Waals surface area contributed by atoms with E-state index in [-0.39, 0.29) is 5.57 Å². The summed E-state index contributed by atoms with van der Waals surface area (Å²) >= 11 is 0. The van der Waals surface area contributed by atoms with Crippen molar-refractivity contribution in [3.63, 3.8) is 0 Å². The number of nitriles is 1. The molecule has 0 spiro atoms. The van der Waals surface area contributed by atoms with Gasteiger partial charge in [-0.1, -0.05) is 12.1 Å². The van der Waals surface area contributed by atoms with Crippen LogP contribution in [0.1, 0.15) is 5.56 Å². The summed E-state index contributed by atoms with van der Waals surface area (Å²) in [6.45, 7) is 1.06. The van der Waals surface area contributed by atoms with E-state index in [0.717, 1.165) is 5.69 Å². The van der Waals surface area contributed by atoms with E-state index in [2.05, 4.69) is 4.84 Å². The van der Waals surface area contributed by atoms with Gasteiger partial charge in [-0.2, -0.15) is 5.26 Å². The lowest BCUT2D eigenvalue weighted by molar-refractivity contribution is -0.132. The first-order valence-electron chi connectivity index (χ1n) is 5.56. The Hall–Kier alpha value is -2.36. The van der Waals surface area contributed by atoms with Crippen LogP contribution in [0.3, 0.4) is 0 Å². The van der Waals surface area contributed by atoms with Crippen LogP contribution >= 0.6 is 0 Å². The molecule has 6 heteroatoms. The molecule has 100 valence electrons. The fraction of sp³-hybridized carbons (Fsp3) is 0.231. The second kappa shape index (κ2) is 7.16. The van der Waals surface area contributed by atoms with E-state index in [0.29, 0.717) is 18.7 Å². The molecule has 0 atom stereocenters. The second-order valence-electron chi connectivity index (χ2n) is 3.86. The molecule has 1 aromatic carbocycles. The van der Waals surface area contributed by atoms with Gasteiger partial charge in [-0.25, -0.2) is 10.7 Å². The number of nitrogens with two attached hydrogens (primary N) is 1. The van der Waals surface area contributed by atoms with Crippen LogP contribution in [0, 0.1) is 11.3 Å². The number of hydrogen-bond acceptors (Lipinski definition) is 5. The minimum absolute atomic E-state index is 0.294. The van der Waals surface area contributed by atoms with Gasteiger partial charge in [-0.3, -0.25) is 0 Å². The standard InChI is InChI=1S/C13H15N3O3/c1-16(6-7-19-15)12-4-2-10(3-5-12)8-11(9-14)13(17)18/h2-5,8H,6-7,15H2,1H3,(H,17,18)/b11-8+. The molecular weight excluding hydrogens is 246 g/mol. The van der Waals surface area contributed by atoms with Gasteiger partial charge in [-0.05, 0) is 23.8 Å². The highest BCUT2D eigenvalue weighted by Crippen LogP contribution is 2.15. The Morgan fingerprint density at radius 3 is 2.63 bits per heavy atom. The largest absolute Gasteiger partial charge is 0.477 e. The van der Waals surface area contributed by atoms with E-state index in [1.54, 1.807) is 18.2 Å². The average Bonchev–Trinajstić information content (AvgIpc) is 2.42. The zero-order valence-corrected chi connectivity index (χ0v) is 10.5. The van der Waals surface area contributed by atoms with Crippen molar-refractivity contribution in [2.45, 2.75) is 0 Å². The summed E-state index contributed by atoms with van der Waals surface area (Å²) in [6, 6.07) is 8.79. The molecular formula is C13H15N3O3. The Kier molecular flexibility index (Phi) is 5.54. The SMILES string of the molecule is CN(CCON)c1ccc(/C=C(\C#N)C(=O)O)cc1. The third-order valence-corrected chi connectivity index (χ3v) is 2.54. The number of rotatable bonds is 6. The summed E-state index contributed by atoms with van der Waals surface area (Å²) in [5.74, 6) is 3.72. The van der Waals surface area contributed by atoms with Crippen LogP contribution in [0.15, 0.2) is 29.8 Å². The van der Waals surface area contributed by atoms with E-state index in [1.807, 2.05) is 24.1 Å². The minimum atomic E-state index is -1.23. The molecule has 0 aromatic heterocycles. The van der Waals surface area contributed by atoms with Crippen molar-refractivity contribution in [2.24, 2.45) is 5.90 Å². The van der Waals surface area contributed by atoms with Gasteiger partial charge in [0.2, 0.25) is 0 Å². The van der Waals surface area contributed by atoms with E-state index in [9.17, 15) is 4.79 Å². The van der Waals surface area contributed by atoms with Crippen molar-refractivity contribution in [1.82, 2.24) is 0 Å². The van der Waals surface area contributed by atoms with Crippen LogP contribution in [-0.4, -0.2) is 31.3 Å². The van der Waals surface area contributed by atoms with Crippen molar-refractivity contribution in [3.8, 4) is 6.07 Å². The average molecular weight is 261 g/mol. The van der Waals surface area contributed by atoms with E-state index in [4.69, 9.17) is 16.3 Å². The number of likely N-dealkylation sites (N-methyl/N-ethyl adjacent to an activating group) is 1. The highest BCUT2D eigenvalue weighted by atomic mass is 16.6.